The molecule has 1 aliphatic heterocycles. The Balaban J connectivity index is 1.59. The second-order valence-corrected chi connectivity index (χ2v) is 6.71. The molecule has 1 fully saturated rings. The van der Waals surface area contributed by atoms with Crippen molar-refractivity contribution in [1.29, 1.82) is 0 Å². The predicted octanol–water partition coefficient (Wildman–Crippen LogP) is 2.33. The van der Waals surface area contributed by atoms with E-state index < -0.39 is 11.9 Å². The van der Waals surface area contributed by atoms with Crippen molar-refractivity contribution in [1.82, 2.24) is 5.32 Å². The highest BCUT2D eigenvalue weighted by atomic mass is 16.2. The zero-order chi connectivity index (χ0) is 19.6. The van der Waals surface area contributed by atoms with Crippen LogP contribution >= 0.6 is 0 Å². The Labute approximate surface area is 157 Å². The highest BCUT2D eigenvalue weighted by Crippen LogP contribution is 2.24. The number of rotatable bonds is 4. The molecule has 0 radical (unpaired) electrons. The van der Waals surface area contributed by atoms with Crippen molar-refractivity contribution in [3.63, 3.8) is 0 Å². The highest BCUT2D eigenvalue weighted by molar-refractivity contribution is 5.98. The van der Waals surface area contributed by atoms with Crippen molar-refractivity contribution in [3.8, 4) is 0 Å². The quantitative estimate of drug-likeness (QED) is 0.773. The van der Waals surface area contributed by atoms with E-state index in [-0.39, 0.29) is 18.4 Å². The van der Waals surface area contributed by atoms with Gasteiger partial charge in [0.05, 0.1) is 6.04 Å². The topological polar surface area (TPSA) is 105 Å². The highest BCUT2D eigenvalue weighted by Gasteiger charge is 2.31. The van der Waals surface area contributed by atoms with Gasteiger partial charge in [-0.1, -0.05) is 6.07 Å². The lowest BCUT2D eigenvalue weighted by Crippen LogP contribution is -2.39. The van der Waals surface area contributed by atoms with Gasteiger partial charge in [-0.3, -0.25) is 9.59 Å². The zero-order valence-corrected chi connectivity index (χ0v) is 15.3. The number of hydrogen-bond acceptors (Lipinski definition) is 3. The van der Waals surface area contributed by atoms with Gasteiger partial charge in [-0.05, 0) is 61.4 Å². The van der Waals surface area contributed by atoms with Gasteiger partial charge < -0.3 is 21.3 Å². The Bertz CT molecular complexity index is 893. The van der Waals surface area contributed by atoms with E-state index in [2.05, 4.69) is 10.6 Å². The first-order valence-corrected chi connectivity index (χ1v) is 8.68. The summed E-state index contributed by atoms with van der Waals surface area (Å²) < 4.78 is 0. The number of hydrogen-bond donors (Lipinski definition) is 3. The Morgan fingerprint density at radius 2 is 1.78 bits per heavy atom. The molecule has 2 aromatic rings. The Morgan fingerprint density at radius 1 is 1.07 bits per heavy atom. The summed E-state index contributed by atoms with van der Waals surface area (Å²) in [5.74, 6) is -0.545. The molecular formula is C20H22N4O3. The molecule has 0 saturated carbocycles. The number of anilines is 2. The van der Waals surface area contributed by atoms with Gasteiger partial charge in [0.2, 0.25) is 11.8 Å². The van der Waals surface area contributed by atoms with E-state index in [9.17, 15) is 14.4 Å². The Kier molecular flexibility index (Phi) is 5.12. The molecule has 1 aliphatic rings. The second kappa shape index (κ2) is 7.49. The number of carbonyl (C=O) groups is 3. The molecule has 2 aromatic carbocycles. The number of amides is 4. The second-order valence-electron chi connectivity index (χ2n) is 6.71. The van der Waals surface area contributed by atoms with Gasteiger partial charge in [-0.25, -0.2) is 4.79 Å². The lowest BCUT2D eigenvalue weighted by Gasteiger charge is -2.18. The average molecular weight is 366 g/mol. The van der Waals surface area contributed by atoms with Crippen LogP contribution in [0.2, 0.25) is 0 Å². The number of nitrogens with zero attached hydrogens (tertiary/aromatic N) is 1. The molecule has 4 amide bonds. The molecule has 7 heteroatoms. The van der Waals surface area contributed by atoms with Crippen LogP contribution in [0.3, 0.4) is 0 Å². The number of urea groups is 1. The number of nitrogens with one attached hydrogen (secondary N) is 2. The fourth-order valence-corrected chi connectivity index (χ4v) is 3.02. The molecular weight excluding hydrogens is 344 g/mol. The van der Waals surface area contributed by atoms with Gasteiger partial charge in [-0.15, -0.1) is 0 Å². The Hall–Kier alpha value is -3.35. The standard InChI is InChI=1S/C20H22N4O3/c1-12-3-8-17(9-13(12)2)24-11-16(10-18(24)25)23-20(27)22-15-6-4-14(5-7-15)19(21)26/h3-9,16H,10-11H2,1-2H3,(H2,21,26)(H2,22,23,27)/t16-/m0/s1. The minimum absolute atomic E-state index is 0.0191. The minimum atomic E-state index is -0.526. The Morgan fingerprint density at radius 3 is 2.41 bits per heavy atom. The van der Waals surface area contributed by atoms with E-state index >= 15 is 0 Å². The molecule has 3 rings (SSSR count). The summed E-state index contributed by atoms with van der Waals surface area (Å²) in [5, 5.41) is 5.51. The maximum absolute atomic E-state index is 12.3. The van der Waals surface area contributed by atoms with Gasteiger partial charge in [0.25, 0.3) is 0 Å². The first kappa shape index (κ1) is 18.4. The molecule has 1 atom stereocenters. The summed E-state index contributed by atoms with van der Waals surface area (Å²) in [6, 6.07) is 11.5. The fraction of sp³-hybridized carbons (Fsp3) is 0.250. The van der Waals surface area contributed by atoms with Crippen molar-refractivity contribution in [3.05, 3.63) is 59.2 Å². The summed E-state index contributed by atoms with van der Waals surface area (Å²) >= 11 is 0. The number of carbonyl (C=O) groups excluding carboxylic acids is 3. The molecule has 0 aromatic heterocycles. The fourth-order valence-electron chi connectivity index (χ4n) is 3.02. The van der Waals surface area contributed by atoms with Crippen LogP contribution in [0.25, 0.3) is 0 Å². The van der Waals surface area contributed by atoms with E-state index in [1.807, 2.05) is 32.0 Å². The van der Waals surface area contributed by atoms with Crippen LogP contribution in [-0.2, 0) is 4.79 Å². The lowest BCUT2D eigenvalue weighted by atomic mass is 10.1. The first-order chi connectivity index (χ1) is 12.8. The minimum Gasteiger partial charge on any atom is -0.366 e. The van der Waals surface area contributed by atoms with Gasteiger partial charge >= 0.3 is 6.03 Å². The summed E-state index contributed by atoms with van der Waals surface area (Å²) in [4.78, 5) is 37.3. The van der Waals surface area contributed by atoms with Crippen molar-refractivity contribution >= 4 is 29.2 Å². The van der Waals surface area contributed by atoms with E-state index in [4.69, 9.17) is 5.73 Å². The first-order valence-electron chi connectivity index (χ1n) is 8.68. The number of nitrogens with two attached hydrogens (primary N) is 1. The molecule has 4 N–H and O–H groups in total. The molecule has 0 unspecified atom stereocenters. The SMILES string of the molecule is Cc1ccc(N2C[C@@H](NC(=O)Nc3ccc(C(N)=O)cc3)CC2=O)cc1C. The summed E-state index contributed by atoms with van der Waals surface area (Å²) in [6.45, 7) is 4.46. The van der Waals surface area contributed by atoms with Crippen LogP contribution in [0.1, 0.15) is 27.9 Å². The third kappa shape index (κ3) is 4.25. The molecule has 1 heterocycles. The number of primary amides is 1. The third-order valence-electron chi connectivity index (χ3n) is 4.69. The molecule has 0 spiro atoms. The maximum atomic E-state index is 12.3. The van der Waals surface area contributed by atoms with Crippen molar-refractivity contribution < 1.29 is 14.4 Å². The van der Waals surface area contributed by atoms with Crippen molar-refractivity contribution in [2.45, 2.75) is 26.3 Å². The summed E-state index contributed by atoms with van der Waals surface area (Å²) in [5.41, 5.74) is 9.22. The lowest BCUT2D eigenvalue weighted by molar-refractivity contribution is -0.117. The summed E-state index contributed by atoms with van der Waals surface area (Å²) in [7, 11) is 0. The van der Waals surface area contributed by atoms with E-state index in [0.717, 1.165) is 11.3 Å². The van der Waals surface area contributed by atoms with Crippen LogP contribution in [0.4, 0.5) is 16.2 Å². The van der Waals surface area contributed by atoms with E-state index in [0.29, 0.717) is 17.8 Å². The smallest absolute Gasteiger partial charge is 0.319 e. The van der Waals surface area contributed by atoms with Crippen LogP contribution in [0.15, 0.2) is 42.5 Å². The third-order valence-corrected chi connectivity index (χ3v) is 4.69. The number of aryl methyl sites for hydroxylation is 2. The molecule has 1 saturated heterocycles. The number of benzene rings is 2. The van der Waals surface area contributed by atoms with Gasteiger partial charge in [0.1, 0.15) is 0 Å². The van der Waals surface area contributed by atoms with Gasteiger partial charge in [-0.2, -0.15) is 0 Å². The predicted molar refractivity (Wildman–Crippen MR) is 104 cm³/mol. The molecule has 27 heavy (non-hydrogen) atoms. The molecule has 7 nitrogen and oxygen atoms in total. The van der Waals surface area contributed by atoms with E-state index in [1.165, 1.54) is 5.56 Å². The largest absolute Gasteiger partial charge is 0.366 e. The molecule has 0 aliphatic carbocycles. The summed E-state index contributed by atoms with van der Waals surface area (Å²) in [6.07, 6.45) is 0.251. The van der Waals surface area contributed by atoms with Crippen molar-refractivity contribution in [2.24, 2.45) is 5.73 Å². The van der Waals surface area contributed by atoms with Gasteiger partial charge in [0, 0.05) is 29.9 Å². The maximum Gasteiger partial charge on any atom is 0.319 e. The molecule has 140 valence electrons. The average Bonchev–Trinajstić information content (AvgIpc) is 2.97. The van der Waals surface area contributed by atoms with Crippen LogP contribution in [0.5, 0.6) is 0 Å². The van der Waals surface area contributed by atoms with Gasteiger partial charge in [0.15, 0.2) is 0 Å². The van der Waals surface area contributed by atoms with Crippen LogP contribution < -0.4 is 21.3 Å². The van der Waals surface area contributed by atoms with Crippen LogP contribution in [0, 0.1) is 13.8 Å². The normalized spacial score (nSPS) is 16.3. The van der Waals surface area contributed by atoms with Crippen LogP contribution in [-0.4, -0.2) is 30.4 Å². The monoisotopic (exact) mass is 366 g/mol. The molecule has 0 bridgehead atoms. The van der Waals surface area contributed by atoms with Crippen molar-refractivity contribution in [2.75, 3.05) is 16.8 Å². The zero-order valence-electron chi connectivity index (χ0n) is 15.3. The van der Waals surface area contributed by atoms with E-state index in [1.54, 1.807) is 29.2 Å².